The molecule has 7 nitrogen and oxygen atoms in total. The normalized spacial score (nSPS) is 11.5. The second-order valence-corrected chi connectivity index (χ2v) is 8.42. The lowest BCUT2D eigenvalue weighted by atomic mass is 10.1. The monoisotopic (exact) mass is 546 g/mol. The highest BCUT2D eigenvalue weighted by molar-refractivity contribution is 9.11. The van der Waals surface area contributed by atoms with Crippen molar-refractivity contribution in [2.75, 3.05) is 7.11 Å². The van der Waals surface area contributed by atoms with Gasteiger partial charge in [-0.05, 0) is 37.9 Å². The van der Waals surface area contributed by atoms with Crippen LogP contribution >= 0.6 is 60.2 Å². The van der Waals surface area contributed by atoms with Crippen molar-refractivity contribution in [3.8, 4) is 17.0 Å². The van der Waals surface area contributed by atoms with Gasteiger partial charge < -0.3 is 4.74 Å². The molecule has 0 spiro atoms. The van der Waals surface area contributed by atoms with E-state index in [1.165, 1.54) is 4.52 Å². The zero-order valence-electron chi connectivity index (χ0n) is 11.4. The van der Waals surface area contributed by atoms with E-state index < -0.39 is 10.0 Å². The maximum Gasteiger partial charge on any atom is 0.267 e. The Morgan fingerprint density at radius 3 is 2.61 bits per heavy atom. The Morgan fingerprint density at radius 1 is 1.35 bits per heavy atom. The summed E-state index contributed by atoms with van der Waals surface area (Å²) in [7, 11) is -2.28. The van der Waals surface area contributed by atoms with Gasteiger partial charge in [-0.2, -0.15) is 4.52 Å². The standard InChI is InChI=1S/C11H8Br2N4O3S2.BrH/c1-20-6-4-2-3-5(7(6)12)8-9(13)17-10(15-8)21-11(16-17)22(14,18)19;/h2-4H,1H3,(H2,14,18,19);1H. The van der Waals surface area contributed by atoms with Crippen LogP contribution in [0.3, 0.4) is 0 Å². The van der Waals surface area contributed by atoms with Crippen molar-refractivity contribution in [1.82, 2.24) is 14.6 Å². The van der Waals surface area contributed by atoms with Gasteiger partial charge in [0.1, 0.15) is 16.0 Å². The second-order valence-electron chi connectivity index (χ2n) is 4.18. The number of imidazole rings is 1. The average molecular weight is 549 g/mol. The molecule has 0 aliphatic carbocycles. The number of nitrogens with two attached hydrogens (primary N) is 1. The molecule has 1 aromatic carbocycles. The van der Waals surface area contributed by atoms with Crippen molar-refractivity contribution >= 4 is 75.2 Å². The highest BCUT2D eigenvalue weighted by Gasteiger charge is 2.22. The van der Waals surface area contributed by atoms with E-state index in [0.717, 1.165) is 21.4 Å². The Hall–Kier alpha value is -0.530. The molecule has 0 unspecified atom stereocenters. The summed E-state index contributed by atoms with van der Waals surface area (Å²) >= 11 is 7.77. The van der Waals surface area contributed by atoms with E-state index in [2.05, 4.69) is 41.9 Å². The molecule has 0 aliphatic rings. The minimum absolute atomic E-state index is 0. The molecule has 2 heterocycles. The SMILES string of the molecule is Br.COc1cccc(-c2nc3sc(S(N)(=O)=O)nn3c2Br)c1Br. The van der Waals surface area contributed by atoms with Gasteiger partial charge in [0.2, 0.25) is 9.30 Å². The molecule has 0 aliphatic heterocycles. The third kappa shape index (κ3) is 3.33. The molecule has 0 atom stereocenters. The number of rotatable bonds is 3. The van der Waals surface area contributed by atoms with E-state index in [1.807, 2.05) is 18.2 Å². The molecule has 2 N–H and O–H groups in total. The number of ether oxygens (including phenoxy) is 1. The Morgan fingerprint density at radius 2 is 2.04 bits per heavy atom. The highest BCUT2D eigenvalue weighted by Crippen LogP contribution is 2.39. The van der Waals surface area contributed by atoms with Crippen molar-refractivity contribution in [3.05, 3.63) is 27.3 Å². The molecule has 2 aromatic heterocycles. The predicted molar refractivity (Wildman–Crippen MR) is 99.9 cm³/mol. The van der Waals surface area contributed by atoms with Crippen LogP contribution in [0.5, 0.6) is 5.75 Å². The average Bonchev–Trinajstić information content (AvgIpc) is 2.99. The smallest absolute Gasteiger partial charge is 0.267 e. The molecule has 0 amide bonds. The first-order valence-electron chi connectivity index (χ1n) is 5.73. The van der Waals surface area contributed by atoms with Gasteiger partial charge in [-0.15, -0.1) is 22.1 Å². The first-order valence-corrected chi connectivity index (χ1v) is 9.68. The fourth-order valence-electron chi connectivity index (χ4n) is 1.84. The summed E-state index contributed by atoms with van der Waals surface area (Å²) in [5.74, 6) is 0.666. The van der Waals surface area contributed by atoms with Crippen LogP contribution in [-0.4, -0.2) is 30.1 Å². The number of fused-ring (bicyclic) bond motifs is 1. The van der Waals surface area contributed by atoms with Gasteiger partial charge in [-0.1, -0.05) is 23.5 Å². The van der Waals surface area contributed by atoms with Crippen LogP contribution in [0.4, 0.5) is 0 Å². The van der Waals surface area contributed by atoms with E-state index in [0.29, 0.717) is 21.0 Å². The Bertz CT molecular complexity index is 984. The van der Waals surface area contributed by atoms with Gasteiger partial charge in [0.25, 0.3) is 10.0 Å². The minimum Gasteiger partial charge on any atom is -0.496 e. The van der Waals surface area contributed by atoms with E-state index in [-0.39, 0.29) is 21.3 Å². The number of primary sulfonamides is 1. The summed E-state index contributed by atoms with van der Waals surface area (Å²) in [6, 6.07) is 5.52. The molecular weight excluding hydrogens is 540 g/mol. The summed E-state index contributed by atoms with van der Waals surface area (Å²) in [6.45, 7) is 0. The van der Waals surface area contributed by atoms with E-state index in [1.54, 1.807) is 7.11 Å². The van der Waals surface area contributed by atoms with Crippen molar-refractivity contribution < 1.29 is 13.2 Å². The topological polar surface area (TPSA) is 99.6 Å². The summed E-state index contributed by atoms with van der Waals surface area (Å²) in [5.41, 5.74) is 1.41. The van der Waals surface area contributed by atoms with Crippen molar-refractivity contribution in [1.29, 1.82) is 0 Å². The van der Waals surface area contributed by atoms with Crippen LogP contribution in [0.2, 0.25) is 0 Å². The minimum atomic E-state index is -3.85. The van der Waals surface area contributed by atoms with Gasteiger partial charge >= 0.3 is 0 Å². The van der Waals surface area contributed by atoms with E-state index >= 15 is 0 Å². The Balaban J connectivity index is 0.00000192. The van der Waals surface area contributed by atoms with Crippen molar-refractivity contribution in [3.63, 3.8) is 0 Å². The lowest BCUT2D eigenvalue weighted by Gasteiger charge is -2.07. The van der Waals surface area contributed by atoms with Crippen molar-refractivity contribution in [2.24, 2.45) is 5.14 Å². The third-order valence-electron chi connectivity index (χ3n) is 2.81. The second kappa shape index (κ2) is 6.76. The van der Waals surface area contributed by atoms with Crippen LogP contribution in [0, 0.1) is 0 Å². The molecule has 0 saturated heterocycles. The summed E-state index contributed by atoms with van der Waals surface area (Å²) < 4.78 is 30.4. The molecule has 12 heteroatoms. The van der Waals surface area contributed by atoms with Crippen molar-refractivity contribution in [2.45, 2.75) is 4.34 Å². The molecule has 3 rings (SSSR count). The van der Waals surface area contributed by atoms with Crippen LogP contribution in [0.1, 0.15) is 0 Å². The molecule has 0 bridgehead atoms. The van der Waals surface area contributed by atoms with Gasteiger partial charge in [-0.3, -0.25) is 0 Å². The van der Waals surface area contributed by atoms with Gasteiger partial charge in [0.15, 0.2) is 0 Å². The summed E-state index contributed by atoms with van der Waals surface area (Å²) in [5, 5.41) is 9.05. The van der Waals surface area contributed by atoms with E-state index in [9.17, 15) is 8.42 Å². The molecule has 0 saturated carbocycles. The number of nitrogens with zero attached hydrogens (tertiary/aromatic N) is 3. The van der Waals surface area contributed by atoms with E-state index in [4.69, 9.17) is 9.88 Å². The largest absolute Gasteiger partial charge is 0.496 e. The zero-order valence-corrected chi connectivity index (χ0v) is 17.9. The highest BCUT2D eigenvalue weighted by atomic mass is 79.9. The quantitative estimate of drug-likeness (QED) is 0.542. The third-order valence-corrected chi connectivity index (χ3v) is 6.56. The first kappa shape index (κ1) is 18.8. The Kier molecular flexibility index (Phi) is 5.53. The van der Waals surface area contributed by atoms with Gasteiger partial charge in [0.05, 0.1) is 11.6 Å². The number of aromatic nitrogens is 3. The molecule has 23 heavy (non-hydrogen) atoms. The van der Waals surface area contributed by atoms with Gasteiger partial charge in [0, 0.05) is 5.56 Å². The fourth-order valence-corrected chi connectivity index (χ4v) is 4.64. The number of hydrogen-bond donors (Lipinski definition) is 1. The lowest BCUT2D eigenvalue weighted by Crippen LogP contribution is -2.12. The maximum atomic E-state index is 11.3. The molecule has 3 aromatic rings. The summed E-state index contributed by atoms with van der Waals surface area (Å²) in [6.07, 6.45) is 0. The van der Waals surface area contributed by atoms with Gasteiger partial charge in [-0.25, -0.2) is 18.5 Å². The fraction of sp³-hybridized carbons (Fsp3) is 0.0909. The number of methoxy groups -OCH3 is 1. The summed E-state index contributed by atoms with van der Waals surface area (Å²) in [4.78, 5) is 4.84. The molecule has 0 radical (unpaired) electrons. The van der Waals surface area contributed by atoms with Crippen LogP contribution < -0.4 is 9.88 Å². The molecule has 0 fully saturated rings. The first-order chi connectivity index (χ1) is 10.3. The molecule has 124 valence electrons. The Labute approximate surface area is 162 Å². The number of halogens is 3. The zero-order chi connectivity index (χ0) is 16.1. The lowest BCUT2D eigenvalue weighted by molar-refractivity contribution is 0.412. The van der Waals surface area contributed by atoms with Crippen LogP contribution in [-0.2, 0) is 10.0 Å². The van der Waals surface area contributed by atoms with Crippen LogP contribution in [0.25, 0.3) is 16.2 Å². The maximum absolute atomic E-state index is 11.3. The number of benzene rings is 1. The number of hydrogen-bond acceptors (Lipinski definition) is 6. The number of sulfonamides is 1. The predicted octanol–water partition coefficient (Wildman–Crippen LogP) is 3.22. The van der Waals surface area contributed by atoms with Crippen LogP contribution in [0.15, 0.2) is 31.6 Å². The molecular formula is C11H9Br3N4O3S2.